The first-order valence-corrected chi connectivity index (χ1v) is 12.0. The van der Waals surface area contributed by atoms with Crippen molar-refractivity contribution < 1.29 is 19.0 Å². The number of amidine groups is 1. The van der Waals surface area contributed by atoms with Gasteiger partial charge in [-0.15, -0.1) is 0 Å². The molecule has 1 aliphatic carbocycles. The molecule has 2 aromatic carbocycles. The molecule has 8 nitrogen and oxygen atoms in total. The summed E-state index contributed by atoms with van der Waals surface area (Å²) in [6, 6.07) is 9.06. The Morgan fingerprint density at radius 2 is 1.86 bits per heavy atom. The standard InChI is InChI=1S/C18H21ClN4O3.C8H14O/c1-24-13-6-4-5-11(18(13)26-3)16-12-7-10(19)8-14(25-2)17(12)22-15(23-20)9-21-16;1-5(2)7-4-8(7)6(3)9/h4-8,16,21H,9,20H2,1-3H3,(H,22,23);5,7-8H,4H2,1-3H3/t16-;/m1./s1. The molecule has 2 unspecified atom stereocenters. The van der Waals surface area contributed by atoms with Crippen molar-refractivity contribution in [1.29, 1.82) is 0 Å². The highest BCUT2D eigenvalue weighted by molar-refractivity contribution is 6.31. The number of carbonyl (C=O) groups excluding carboxylic acids is 1. The second-order valence-electron chi connectivity index (χ2n) is 9.01. The SMILES string of the molecule is CC(=O)C1CC1C(C)C.COc1cc(Cl)cc2c1N=C(NN)CN[C@@H]2c1cccc(OC)c1OC. The van der Waals surface area contributed by atoms with Crippen LogP contribution in [-0.4, -0.2) is 39.5 Å². The van der Waals surface area contributed by atoms with Crippen LogP contribution in [0.4, 0.5) is 5.69 Å². The molecular weight excluding hydrogens is 468 g/mol. The second kappa shape index (κ2) is 11.7. The van der Waals surface area contributed by atoms with Crippen LogP contribution in [0.5, 0.6) is 17.2 Å². The summed E-state index contributed by atoms with van der Waals surface area (Å²) in [7, 11) is 4.80. The van der Waals surface area contributed by atoms with Crippen molar-refractivity contribution in [3.05, 3.63) is 46.5 Å². The molecule has 1 fully saturated rings. The maximum Gasteiger partial charge on any atom is 0.165 e. The van der Waals surface area contributed by atoms with Gasteiger partial charge in [0.25, 0.3) is 0 Å². The number of hydrazine groups is 1. The van der Waals surface area contributed by atoms with Gasteiger partial charge in [0.1, 0.15) is 23.1 Å². The average molecular weight is 503 g/mol. The fourth-order valence-corrected chi connectivity index (χ4v) is 4.71. The highest BCUT2D eigenvalue weighted by Crippen LogP contribution is 2.45. The number of aliphatic imine (C=N–C) groups is 1. The minimum absolute atomic E-state index is 0.253. The Balaban J connectivity index is 0.000000320. The first-order chi connectivity index (χ1) is 16.7. The van der Waals surface area contributed by atoms with Gasteiger partial charge in [0, 0.05) is 28.1 Å². The number of rotatable bonds is 6. The number of methoxy groups -OCH3 is 3. The number of nitrogens with one attached hydrogen (secondary N) is 2. The molecule has 0 spiro atoms. The van der Waals surface area contributed by atoms with Crippen LogP contribution in [0.1, 0.15) is 44.4 Å². The molecule has 0 amide bonds. The first-order valence-electron chi connectivity index (χ1n) is 11.6. The number of Topliss-reactive ketones (excluding diaryl/α,β-unsaturated/α-hetero) is 1. The van der Waals surface area contributed by atoms with E-state index in [1.54, 1.807) is 34.3 Å². The fraction of sp³-hybridized carbons (Fsp3) is 0.462. The molecule has 0 aromatic heterocycles. The highest BCUT2D eigenvalue weighted by atomic mass is 35.5. The van der Waals surface area contributed by atoms with Gasteiger partial charge in [0.05, 0.1) is 33.9 Å². The minimum Gasteiger partial charge on any atom is -0.494 e. The van der Waals surface area contributed by atoms with Crippen LogP contribution < -0.4 is 30.8 Å². The lowest BCUT2D eigenvalue weighted by molar-refractivity contribution is -0.118. The van der Waals surface area contributed by atoms with Crippen molar-refractivity contribution in [2.45, 2.75) is 33.2 Å². The zero-order valence-corrected chi connectivity index (χ0v) is 21.9. The van der Waals surface area contributed by atoms with Crippen molar-refractivity contribution >= 4 is 28.9 Å². The minimum atomic E-state index is -0.253. The third-order valence-corrected chi connectivity index (χ3v) is 6.67. The van der Waals surface area contributed by atoms with Gasteiger partial charge in [-0.1, -0.05) is 37.6 Å². The number of ether oxygens (including phenoxy) is 3. The smallest absolute Gasteiger partial charge is 0.165 e. The van der Waals surface area contributed by atoms with E-state index in [1.165, 1.54) is 0 Å². The quantitative estimate of drug-likeness (QED) is 0.396. The molecule has 2 aliphatic rings. The molecule has 9 heteroatoms. The molecule has 0 bridgehead atoms. The summed E-state index contributed by atoms with van der Waals surface area (Å²) in [5.41, 5.74) is 5.02. The number of nitrogens with two attached hydrogens (primary N) is 1. The Hall–Kier alpha value is -2.81. The van der Waals surface area contributed by atoms with E-state index in [4.69, 9.17) is 31.7 Å². The second-order valence-corrected chi connectivity index (χ2v) is 9.44. The molecule has 35 heavy (non-hydrogen) atoms. The Kier molecular flexibility index (Phi) is 8.99. The number of carbonyl (C=O) groups is 1. The molecule has 1 aliphatic heterocycles. The third kappa shape index (κ3) is 6.07. The summed E-state index contributed by atoms with van der Waals surface area (Å²) in [6.07, 6.45) is 1.15. The normalized spacial score (nSPS) is 20.5. The highest BCUT2D eigenvalue weighted by Gasteiger charge is 2.42. The van der Waals surface area contributed by atoms with Crippen LogP contribution in [0.3, 0.4) is 0 Å². The van der Waals surface area contributed by atoms with E-state index in [1.807, 2.05) is 24.3 Å². The van der Waals surface area contributed by atoms with E-state index >= 15 is 0 Å². The molecule has 0 radical (unpaired) electrons. The van der Waals surface area contributed by atoms with Gasteiger partial charge < -0.3 is 19.6 Å². The van der Waals surface area contributed by atoms with Gasteiger partial charge in [-0.2, -0.15) is 0 Å². The van der Waals surface area contributed by atoms with Crippen molar-refractivity contribution in [3.8, 4) is 17.2 Å². The Bertz CT molecular complexity index is 1090. The van der Waals surface area contributed by atoms with Crippen molar-refractivity contribution in [2.75, 3.05) is 27.9 Å². The molecule has 4 rings (SSSR count). The topological polar surface area (TPSA) is 107 Å². The average Bonchev–Trinajstić information content (AvgIpc) is 3.67. The molecule has 2 aromatic rings. The van der Waals surface area contributed by atoms with Crippen LogP contribution in [0.25, 0.3) is 0 Å². The lowest BCUT2D eigenvalue weighted by atomic mass is 9.95. The molecule has 1 saturated carbocycles. The third-order valence-electron chi connectivity index (χ3n) is 6.45. The van der Waals surface area contributed by atoms with E-state index < -0.39 is 0 Å². The van der Waals surface area contributed by atoms with Gasteiger partial charge in [-0.05, 0) is 37.3 Å². The molecule has 1 heterocycles. The maximum absolute atomic E-state index is 10.7. The largest absolute Gasteiger partial charge is 0.494 e. The van der Waals surface area contributed by atoms with E-state index in [2.05, 4.69) is 29.6 Å². The predicted molar refractivity (Wildman–Crippen MR) is 139 cm³/mol. The summed E-state index contributed by atoms with van der Waals surface area (Å²) in [4.78, 5) is 15.3. The molecule has 4 N–H and O–H groups in total. The van der Waals surface area contributed by atoms with E-state index in [-0.39, 0.29) is 6.04 Å². The monoisotopic (exact) mass is 502 g/mol. The van der Waals surface area contributed by atoms with Gasteiger partial charge in [0.15, 0.2) is 11.5 Å². The molecule has 3 atom stereocenters. The van der Waals surface area contributed by atoms with Gasteiger partial charge in [-0.3, -0.25) is 10.1 Å². The number of para-hydroxylation sites is 1. The van der Waals surface area contributed by atoms with Crippen molar-refractivity contribution in [2.24, 2.45) is 28.6 Å². The summed E-state index contributed by atoms with van der Waals surface area (Å²) in [5.74, 6) is 10.3. The lowest BCUT2D eigenvalue weighted by Crippen LogP contribution is -2.38. The Morgan fingerprint density at radius 3 is 2.37 bits per heavy atom. The van der Waals surface area contributed by atoms with Crippen LogP contribution in [0.15, 0.2) is 35.3 Å². The van der Waals surface area contributed by atoms with Gasteiger partial charge in [-0.25, -0.2) is 10.8 Å². The number of ketones is 1. The maximum atomic E-state index is 10.7. The van der Waals surface area contributed by atoms with Crippen LogP contribution in [-0.2, 0) is 4.79 Å². The number of halogens is 1. The number of nitrogens with zero attached hydrogens (tertiary/aromatic N) is 1. The van der Waals surface area contributed by atoms with Gasteiger partial charge in [0.2, 0.25) is 0 Å². The summed E-state index contributed by atoms with van der Waals surface area (Å²) in [6.45, 7) is 6.51. The van der Waals surface area contributed by atoms with Crippen molar-refractivity contribution in [1.82, 2.24) is 10.7 Å². The van der Waals surface area contributed by atoms with E-state index in [0.29, 0.717) is 63.9 Å². The predicted octanol–water partition coefficient (Wildman–Crippen LogP) is 4.42. The fourth-order valence-electron chi connectivity index (χ4n) is 4.49. The van der Waals surface area contributed by atoms with E-state index in [0.717, 1.165) is 17.5 Å². The van der Waals surface area contributed by atoms with Crippen molar-refractivity contribution in [3.63, 3.8) is 0 Å². The number of benzene rings is 2. The lowest BCUT2D eigenvalue weighted by Gasteiger charge is -2.23. The number of fused-ring (bicyclic) bond motifs is 1. The molecular formula is C26H35ClN4O4. The van der Waals surface area contributed by atoms with Gasteiger partial charge >= 0.3 is 0 Å². The zero-order chi connectivity index (χ0) is 25.7. The van der Waals surface area contributed by atoms with Crippen LogP contribution >= 0.6 is 11.6 Å². The molecule has 190 valence electrons. The number of hydrogen-bond acceptors (Lipinski definition) is 8. The summed E-state index contributed by atoms with van der Waals surface area (Å²) >= 11 is 6.32. The summed E-state index contributed by atoms with van der Waals surface area (Å²) in [5, 5.41) is 3.99. The van der Waals surface area contributed by atoms with Crippen LogP contribution in [0.2, 0.25) is 5.02 Å². The summed E-state index contributed by atoms with van der Waals surface area (Å²) < 4.78 is 16.5. The molecule has 0 saturated heterocycles. The van der Waals surface area contributed by atoms with E-state index in [9.17, 15) is 4.79 Å². The Morgan fingerprint density at radius 1 is 1.14 bits per heavy atom. The zero-order valence-electron chi connectivity index (χ0n) is 21.1. The van der Waals surface area contributed by atoms with Crippen LogP contribution in [0, 0.1) is 17.8 Å². The Labute approximate surface area is 212 Å². The first kappa shape index (κ1) is 26.8. The number of hydrogen-bond donors (Lipinski definition) is 3.